The molecule has 0 aliphatic carbocycles. The molecule has 150 valence electrons. The first kappa shape index (κ1) is 19.3. The van der Waals surface area contributed by atoms with Gasteiger partial charge in [-0.3, -0.25) is 4.79 Å². The molecule has 2 aromatic carbocycles. The van der Waals surface area contributed by atoms with Gasteiger partial charge in [-0.2, -0.15) is 0 Å². The number of hydrogen-bond acceptors (Lipinski definition) is 2. The van der Waals surface area contributed by atoms with E-state index < -0.39 is 0 Å². The van der Waals surface area contributed by atoms with Crippen molar-refractivity contribution in [3.05, 3.63) is 94.9 Å². The van der Waals surface area contributed by atoms with Crippen LogP contribution in [-0.4, -0.2) is 37.0 Å². The minimum Gasteiger partial charge on any atom is -0.469 e. The summed E-state index contributed by atoms with van der Waals surface area (Å²) in [7, 11) is 0. The zero-order valence-corrected chi connectivity index (χ0v) is 16.2. The Hall–Kier alpha value is -2.99. The van der Waals surface area contributed by atoms with Gasteiger partial charge in [-0.25, -0.2) is 8.78 Å². The summed E-state index contributed by atoms with van der Waals surface area (Å²) in [5.74, 6) is 0.0377. The van der Waals surface area contributed by atoms with Crippen molar-refractivity contribution in [2.75, 3.05) is 26.2 Å². The molecule has 1 saturated heterocycles. The molecule has 1 aromatic heterocycles. The topological polar surface area (TPSA) is 37.9 Å². The SMILES string of the molecule is Cc1occc1C(=O)N1CC[NH+](C(c2ccc(F)cc2)c2ccc(F)cc2)CC1. The summed E-state index contributed by atoms with van der Waals surface area (Å²) in [5, 5.41) is 0. The lowest BCUT2D eigenvalue weighted by Crippen LogP contribution is -3.15. The summed E-state index contributed by atoms with van der Waals surface area (Å²) in [6, 6.07) is 14.6. The highest BCUT2D eigenvalue weighted by Crippen LogP contribution is 2.21. The van der Waals surface area contributed by atoms with E-state index in [9.17, 15) is 13.6 Å². The lowest BCUT2D eigenvalue weighted by molar-refractivity contribution is -0.929. The molecule has 0 spiro atoms. The van der Waals surface area contributed by atoms with Crippen molar-refractivity contribution >= 4 is 5.91 Å². The van der Waals surface area contributed by atoms with Gasteiger partial charge in [-0.15, -0.1) is 0 Å². The summed E-state index contributed by atoms with van der Waals surface area (Å²) in [5.41, 5.74) is 2.54. The van der Waals surface area contributed by atoms with Gasteiger partial charge >= 0.3 is 0 Å². The summed E-state index contributed by atoms with van der Waals surface area (Å²) >= 11 is 0. The molecular weight excluding hydrogens is 374 g/mol. The average Bonchev–Trinajstić information content (AvgIpc) is 3.17. The monoisotopic (exact) mass is 397 g/mol. The summed E-state index contributed by atoms with van der Waals surface area (Å²) in [4.78, 5) is 15.8. The Morgan fingerprint density at radius 1 is 0.931 bits per heavy atom. The van der Waals surface area contributed by atoms with Gasteiger partial charge in [0.1, 0.15) is 23.4 Å². The third kappa shape index (κ3) is 4.07. The number of benzene rings is 2. The van der Waals surface area contributed by atoms with Crippen LogP contribution in [0.1, 0.15) is 33.3 Å². The van der Waals surface area contributed by atoms with E-state index in [1.54, 1.807) is 37.3 Å². The summed E-state index contributed by atoms with van der Waals surface area (Å²) < 4.78 is 32.2. The maximum atomic E-state index is 13.4. The lowest BCUT2D eigenvalue weighted by Gasteiger charge is -2.37. The third-order valence-corrected chi connectivity index (χ3v) is 5.60. The van der Waals surface area contributed by atoms with Crippen LogP contribution in [0.4, 0.5) is 8.78 Å². The Balaban J connectivity index is 1.55. The lowest BCUT2D eigenvalue weighted by atomic mass is 9.96. The molecule has 0 bridgehead atoms. The molecule has 29 heavy (non-hydrogen) atoms. The first-order valence-electron chi connectivity index (χ1n) is 9.72. The van der Waals surface area contributed by atoms with Crippen LogP contribution in [0.2, 0.25) is 0 Å². The van der Waals surface area contributed by atoms with Crippen LogP contribution in [0.15, 0.2) is 65.3 Å². The van der Waals surface area contributed by atoms with Crippen molar-refractivity contribution in [2.45, 2.75) is 13.0 Å². The van der Waals surface area contributed by atoms with E-state index in [0.29, 0.717) is 24.4 Å². The fraction of sp³-hybridized carbons (Fsp3) is 0.261. The van der Waals surface area contributed by atoms with Gasteiger partial charge in [0.25, 0.3) is 5.91 Å². The van der Waals surface area contributed by atoms with Gasteiger partial charge in [0.2, 0.25) is 0 Å². The molecule has 1 N–H and O–H groups in total. The zero-order chi connectivity index (χ0) is 20.4. The van der Waals surface area contributed by atoms with Gasteiger partial charge < -0.3 is 14.2 Å². The highest BCUT2D eigenvalue weighted by Gasteiger charge is 2.32. The minimum atomic E-state index is -0.285. The molecule has 0 radical (unpaired) electrons. The van der Waals surface area contributed by atoms with Crippen LogP contribution in [0, 0.1) is 18.6 Å². The number of carbonyl (C=O) groups is 1. The normalized spacial score (nSPS) is 15.1. The minimum absolute atomic E-state index is 0.0181. The van der Waals surface area contributed by atoms with E-state index in [1.807, 2.05) is 4.90 Å². The van der Waals surface area contributed by atoms with E-state index >= 15 is 0 Å². The molecule has 3 aromatic rings. The van der Waals surface area contributed by atoms with Crippen molar-refractivity contribution in [1.29, 1.82) is 0 Å². The molecule has 1 aliphatic rings. The molecule has 4 rings (SSSR count). The highest BCUT2D eigenvalue weighted by atomic mass is 19.1. The highest BCUT2D eigenvalue weighted by molar-refractivity contribution is 5.95. The Bertz CT molecular complexity index is 929. The molecule has 4 nitrogen and oxygen atoms in total. The third-order valence-electron chi connectivity index (χ3n) is 5.60. The molecule has 0 unspecified atom stereocenters. The van der Waals surface area contributed by atoms with E-state index in [0.717, 1.165) is 24.2 Å². The second-order valence-electron chi connectivity index (χ2n) is 7.38. The van der Waals surface area contributed by atoms with Crippen LogP contribution >= 0.6 is 0 Å². The second kappa shape index (κ2) is 8.17. The molecule has 6 heteroatoms. The molecule has 0 atom stereocenters. The van der Waals surface area contributed by atoms with E-state index in [4.69, 9.17) is 4.42 Å². The van der Waals surface area contributed by atoms with E-state index in [-0.39, 0.29) is 23.6 Å². The predicted molar refractivity (Wildman–Crippen MR) is 105 cm³/mol. The number of hydrogen-bond donors (Lipinski definition) is 1. The first-order valence-corrected chi connectivity index (χ1v) is 9.72. The van der Waals surface area contributed by atoms with Crippen LogP contribution in [0.25, 0.3) is 0 Å². The number of amides is 1. The molecule has 1 aliphatic heterocycles. The number of furan rings is 1. The standard InChI is InChI=1S/C23H22F2N2O2/c1-16-21(10-15-29-16)23(28)27-13-11-26(12-14-27)22(17-2-6-19(24)7-3-17)18-4-8-20(25)9-5-18/h2-10,15,22H,11-14H2,1H3/p+1. The van der Waals surface area contributed by atoms with Crippen molar-refractivity contribution in [1.82, 2.24) is 4.90 Å². The van der Waals surface area contributed by atoms with Crippen molar-refractivity contribution in [2.24, 2.45) is 0 Å². The van der Waals surface area contributed by atoms with Gasteiger partial charge in [-0.1, -0.05) is 0 Å². The van der Waals surface area contributed by atoms with Crippen molar-refractivity contribution < 1.29 is 22.9 Å². The Labute approximate surface area is 168 Å². The molecule has 0 saturated carbocycles. The van der Waals surface area contributed by atoms with Crippen LogP contribution in [0.3, 0.4) is 0 Å². The molecule has 2 heterocycles. The number of aryl methyl sites for hydroxylation is 1. The van der Waals surface area contributed by atoms with Crippen LogP contribution < -0.4 is 4.90 Å². The first-order chi connectivity index (χ1) is 14.0. The average molecular weight is 397 g/mol. The number of piperazine rings is 1. The summed E-state index contributed by atoms with van der Waals surface area (Å²) in [6.07, 6.45) is 1.53. The molecule has 1 amide bonds. The van der Waals surface area contributed by atoms with Gasteiger partial charge in [0.05, 0.1) is 38.0 Å². The van der Waals surface area contributed by atoms with E-state index in [2.05, 4.69) is 0 Å². The van der Waals surface area contributed by atoms with Gasteiger partial charge in [-0.05, 0) is 61.5 Å². The fourth-order valence-electron chi connectivity index (χ4n) is 4.04. The largest absolute Gasteiger partial charge is 0.469 e. The molecule has 1 fully saturated rings. The fourth-order valence-corrected chi connectivity index (χ4v) is 4.04. The zero-order valence-electron chi connectivity index (χ0n) is 16.2. The van der Waals surface area contributed by atoms with Crippen LogP contribution in [-0.2, 0) is 0 Å². The van der Waals surface area contributed by atoms with Gasteiger partial charge in [0, 0.05) is 11.1 Å². The Kier molecular flexibility index (Phi) is 5.45. The number of carbonyl (C=O) groups excluding carboxylic acids is 1. The number of nitrogens with zero attached hydrogens (tertiary/aromatic N) is 1. The Morgan fingerprint density at radius 3 is 1.90 bits per heavy atom. The number of rotatable bonds is 4. The predicted octanol–water partition coefficient (Wildman–Crippen LogP) is 3.00. The van der Waals surface area contributed by atoms with Crippen LogP contribution in [0.5, 0.6) is 0 Å². The number of halogens is 2. The summed E-state index contributed by atoms with van der Waals surface area (Å²) in [6.45, 7) is 4.48. The number of quaternary nitrogens is 1. The number of nitrogens with one attached hydrogen (secondary N) is 1. The van der Waals surface area contributed by atoms with Crippen molar-refractivity contribution in [3.63, 3.8) is 0 Å². The maximum Gasteiger partial charge on any atom is 0.257 e. The maximum absolute atomic E-state index is 13.4. The van der Waals surface area contributed by atoms with Crippen molar-refractivity contribution in [3.8, 4) is 0 Å². The van der Waals surface area contributed by atoms with Gasteiger partial charge in [0.15, 0.2) is 0 Å². The van der Waals surface area contributed by atoms with E-state index in [1.165, 1.54) is 35.4 Å². The second-order valence-corrected chi connectivity index (χ2v) is 7.38. The Morgan fingerprint density at radius 2 is 1.45 bits per heavy atom. The molecular formula is C23H23F2N2O2+. The quantitative estimate of drug-likeness (QED) is 0.735. The smallest absolute Gasteiger partial charge is 0.257 e.